The van der Waals surface area contributed by atoms with Crippen molar-refractivity contribution in [1.29, 1.82) is 0 Å². The molecule has 0 fully saturated rings. The SMILES string of the molecule is BrC1Cc2cccc(c2)-c2ccccc2-c2ccc1cc2. The minimum absolute atomic E-state index is 0.364. The number of hydrogen-bond donors (Lipinski definition) is 0. The first-order chi connectivity index (χ1) is 10.3. The summed E-state index contributed by atoms with van der Waals surface area (Å²) < 4.78 is 0. The Morgan fingerprint density at radius 2 is 1.43 bits per heavy atom. The van der Waals surface area contributed by atoms with E-state index in [1.54, 1.807) is 0 Å². The van der Waals surface area contributed by atoms with Crippen LogP contribution in [0.25, 0.3) is 22.3 Å². The fourth-order valence-corrected chi connectivity index (χ4v) is 3.73. The lowest BCUT2D eigenvalue weighted by atomic mass is 9.94. The number of halogens is 1. The molecule has 3 aromatic rings. The highest BCUT2D eigenvalue weighted by atomic mass is 79.9. The van der Waals surface area contributed by atoms with Crippen LogP contribution in [0.3, 0.4) is 0 Å². The lowest BCUT2D eigenvalue weighted by Crippen LogP contribution is -1.95. The number of rotatable bonds is 0. The molecule has 102 valence electrons. The molecular formula is C20H15Br. The highest BCUT2D eigenvalue weighted by Crippen LogP contribution is 2.36. The quantitative estimate of drug-likeness (QED) is 0.441. The first-order valence-electron chi connectivity index (χ1n) is 7.24. The summed E-state index contributed by atoms with van der Waals surface area (Å²) in [5, 5.41) is 0. The summed E-state index contributed by atoms with van der Waals surface area (Å²) in [6, 6.07) is 26.5. The molecule has 0 saturated heterocycles. The van der Waals surface area contributed by atoms with E-state index in [4.69, 9.17) is 0 Å². The van der Waals surface area contributed by atoms with Crippen LogP contribution in [0.5, 0.6) is 0 Å². The van der Waals surface area contributed by atoms with Gasteiger partial charge in [-0.1, -0.05) is 88.7 Å². The van der Waals surface area contributed by atoms with E-state index in [1.165, 1.54) is 33.4 Å². The van der Waals surface area contributed by atoms with Gasteiger partial charge >= 0.3 is 0 Å². The van der Waals surface area contributed by atoms with Gasteiger partial charge in [0.05, 0.1) is 0 Å². The molecule has 0 amide bonds. The van der Waals surface area contributed by atoms with Crippen LogP contribution in [0, 0.1) is 0 Å². The van der Waals surface area contributed by atoms with Crippen molar-refractivity contribution < 1.29 is 0 Å². The first-order valence-corrected chi connectivity index (χ1v) is 8.15. The topological polar surface area (TPSA) is 0 Å². The zero-order chi connectivity index (χ0) is 14.2. The summed E-state index contributed by atoms with van der Waals surface area (Å²) in [6.07, 6.45) is 1.01. The van der Waals surface area contributed by atoms with Gasteiger partial charge in [0.2, 0.25) is 0 Å². The molecule has 1 unspecified atom stereocenters. The second-order valence-electron chi connectivity index (χ2n) is 5.54. The highest BCUT2D eigenvalue weighted by Gasteiger charge is 2.13. The van der Waals surface area contributed by atoms with Crippen molar-refractivity contribution in [2.75, 3.05) is 0 Å². The zero-order valence-electron chi connectivity index (χ0n) is 11.6. The molecule has 0 radical (unpaired) electrons. The molecule has 4 bridgehead atoms. The molecule has 1 heteroatoms. The lowest BCUT2D eigenvalue weighted by molar-refractivity contribution is 0.950. The lowest BCUT2D eigenvalue weighted by Gasteiger charge is -2.10. The minimum Gasteiger partial charge on any atom is -0.0835 e. The van der Waals surface area contributed by atoms with Crippen molar-refractivity contribution in [3.63, 3.8) is 0 Å². The van der Waals surface area contributed by atoms with E-state index >= 15 is 0 Å². The van der Waals surface area contributed by atoms with Gasteiger partial charge in [0, 0.05) is 4.83 Å². The van der Waals surface area contributed by atoms with Crippen LogP contribution in [-0.4, -0.2) is 0 Å². The summed E-state index contributed by atoms with van der Waals surface area (Å²) in [7, 11) is 0. The predicted molar refractivity (Wildman–Crippen MR) is 92.7 cm³/mol. The molecule has 21 heavy (non-hydrogen) atoms. The molecule has 0 saturated carbocycles. The zero-order valence-corrected chi connectivity index (χ0v) is 13.2. The Labute approximate surface area is 133 Å². The van der Waals surface area contributed by atoms with Crippen molar-refractivity contribution >= 4 is 15.9 Å². The maximum Gasteiger partial charge on any atom is 0.0435 e. The fourth-order valence-electron chi connectivity index (χ4n) is 3.05. The monoisotopic (exact) mass is 334 g/mol. The van der Waals surface area contributed by atoms with Crippen molar-refractivity contribution in [2.45, 2.75) is 11.2 Å². The van der Waals surface area contributed by atoms with Gasteiger partial charge in [-0.2, -0.15) is 0 Å². The van der Waals surface area contributed by atoms with E-state index in [0.717, 1.165) is 6.42 Å². The van der Waals surface area contributed by atoms with E-state index in [9.17, 15) is 0 Å². The van der Waals surface area contributed by atoms with Crippen molar-refractivity contribution in [3.8, 4) is 22.3 Å². The smallest absolute Gasteiger partial charge is 0.0435 e. The Morgan fingerprint density at radius 3 is 2.19 bits per heavy atom. The number of fused-ring (bicyclic) bond motifs is 3. The molecule has 0 heterocycles. The van der Waals surface area contributed by atoms with Gasteiger partial charge in [-0.3, -0.25) is 0 Å². The minimum atomic E-state index is 0.364. The highest BCUT2D eigenvalue weighted by molar-refractivity contribution is 9.09. The van der Waals surface area contributed by atoms with Gasteiger partial charge < -0.3 is 0 Å². The van der Waals surface area contributed by atoms with Crippen LogP contribution in [0.2, 0.25) is 0 Å². The van der Waals surface area contributed by atoms with Gasteiger partial charge in [0.15, 0.2) is 0 Å². The second kappa shape index (κ2) is 5.16. The number of alkyl halides is 1. The Bertz CT molecular complexity index is 787. The third-order valence-corrected chi connectivity index (χ3v) is 5.02. The van der Waals surface area contributed by atoms with Gasteiger partial charge in [-0.25, -0.2) is 0 Å². The molecule has 0 nitrogen and oxygen atoms in total. The number of hydrogen-bond acceptors (Lipinski definition) is 0. The normalized spacial score (nSPS) is 16.1. The largest absolute Gasteiger partial charge is 0.0835 e. The summed E-state index contributed by atoms with van der Waals surface area (Å²) in [5.41, 5.74) is 7.89. The van der Waals surface area contributed by atoms with E-state index in [0.29, 0.717) is 4.83 Å². The van der Waals surface area contributed by atoms with Gasteiger partial charge in [-0.05, 0) is 39.8 Å². The van der Waals surface area contributed by atoms with E-state index < -0.39 is 0 Å². The van der Waals surface area contributed by atoms with Crippen molar-refractivity contribution in [2.24, 2.45) is 0 Å². The maximum absolute atomic E-state index is 3.83. The molecule has 1 atom stereocenters. The van der Waals surface area contributed by atoms with Crippen molar-refractivity contribution in [3.05, 3.63) is 83.9 Å². The van der Waals surface area contributed by atoms with Gasteiger partial charge in [0.25, 0.3) is 0 Å². The Kier molecular flexibility index (Phi) is 3.16. The van der Waals surface area contributed by atoms with E-state index in [-0.39, 0.29) is 0 Å². The van der Waals surface area contributed by atoms with Crippen LogP contribution in [0.4, 0.5) is 0 Å². The number of benzene rings is 3. The molecule has 5 rings (SSSR count). The van der Waals surface area contributed by atoms with Crippen molar-refractivity contribution in [1.82, 2.24) is 0 Å². The predicted octanol–water partition coefficient (Wildman–Crippen LogP) is 6.01. The van der Waals surface area contributed by atoms with Crippen LogP contribution >= 0.6 is 15.9 Å². The third-order valence-electron chi connectivity index (χ3n) is 4.16. The molecule has 2 aliphatic rings. The molecule has 0 aromatic heterocycles. The first kappa shape index (κ1) is 12.8. The Balaban J connectivity index is 2.04. The molecular weight excluding hydrogens is 320 g/mol. The van der Waals surface area contributed by atoms with Crippen LogP contribution in [0.15, 0.2) is 72.8 Å². The van der Waals surface area contributed by atoms with Gasteiger partial charge in [0.1, 0.15) is 0 Å². The average Bonchev–Trinajstić information content (AvgIpc) is 2.56. The third kappa shape index (κ3) is 2.32. The maximum atomic E-state index is 3.83. The van der Waals surface area contributed by atoms with E-state index in [1.807, 2.05) is 0 Å². The van der Waals surface area contributed by atoms with Gasteiger partial charge in [-0.15, -0.1) is 0 Å². The fraction of sp³-hybridized carbons (Fsp3) is 0.100. The summed E-state index contributed by atoms with van der Waals surface area (Å²) in [4.78, 5) is 0.364. The molecule has 0 aliphatic heterocycles. The molecule has 2 aliphatic carbocycles. The van der Waals surface area contributed by atoms with Crippen LogP contribution in [0.1, 0.15) is 16.0 Å². The Hall–Kier alpha value is -1.86. The molecule has 0 N–H and O–H groups in total. The van der Waals surface area contributed by atoms with E-state index in [2.05, 4.69) is 88.7 Å². The summed E-state index contributed by atoms with van der Waals surface area (Å²) in [5.74, 6) is 0. The average molecular weight is 335 g/mol. The molecule has 3 aromatic carbocycles. The molecule has 0 spiro atoms. The van der Waals surface area contributed by atoms with Crippen LogP contribution in [-0.2, 0) is 6.42 Å². The summed E-state index contributed by atoms with van der Waals surface area (Å²) in [6.45, 7) is 0. The standard InChI is InChI=1S/C20H15Br/c21-20-13-14-4-3-5-17(12-14)19-7-2-1-6-18(19)15-8-10-16(20)11-9-15/h1-12,20H,13H2. The second-order valence-corrected chi connectivity index (χ2v) is 6.64. The van der Waals surface area contributed by atoms with Crippen LogP contribution < -0.4 is 0 Å². The summed E-state index contributed by atoms with van der Waals surface area (Å²) >= 11 is 3.83. The Morgan fingerprint density at radius 1 is 0.714 bits per heavy atom.